The van der Waals surface area contributed by atoms with Gasteiger partial charge < -0.3 is 10.7 Å². The number of thiophene rings is 1. The fourth-order valence-corrected chi connectivity index (χ4v) is 4.76. The monoisotopic (exact) mass is 367 g/mol. The van der Waals surface area contributed by atoms with Crippen molar-refractivity contribution in [3.63, 3.8) is 0 Å². The van der Waals surface area contributed by atoms with Gasteiger partial charge in [-0.25, -0.2) is 4.98 Å². The number of aromatic amines is 1. The molecule has 0 unspecified atom stereocenters. The van der Waals surface area contributed by atoms with E-state index in [-0.39, 0.29) is 12.0 Å². The van der Waals surface area contributed by atoms with Gasteiger partial charge in [0.05, 0.1) is 0 Å². The van der Waals surface area contributed by atoms with Gasteiger partial charge >= 0.3 is 0 Å². The van der Waals surface area contributed by atoms with Crippen LogP contribution in [0.2, 0.25) is 0 Å². The van der Waals surface area contributed by atoms with Crippen molar-refractivity contribution >= 4 is 28.2 Å². The fourth-order valence-electron chi connectivity index (χ4n) is 4.11. The molecule has 0 bridgehead atoms. The molecule has 1 atom stereocenters. The van der Waals surface area contributed by atoms with Crippen LogP contribution < -0.4 is 5.73 Å². The van der Waals surface area contributed by atoms with Gasteiger partial charge in [-0.3, -0.25) is 4.79 Å². The summed E-state index contributed by atoms with van der Waals surface area (Å²) in [6.45, 7) is 2.08. The molecule has 3 aromatic rings. The Morgan fingerprint density at radius 1 is 1.35 bits per heavy atom. The van der Waals surface area contributed by atoms with Crippen molar-refractivity contribution in [1.82, 2.24) is 9.97 Å². The fraction of sp³-hybridized carbons (Fsp3) is 0.429. The molecule has 0 radical (unpaired) electrons. The zero-order valence-electron chi connectivity index (χ0n) is 15.1. The van der Waals surface area contributed by atoms with Gasteiger partial charge in [0.1, 0.15) is 11.4 Å². The highest BCUT2D eigenvalue weighted by Crippen LogP contribution is 2.32. The predicted octanol–water partition coefficient (Wildman–Crippen LogP) is 4.56. The van der Waals surface area contributed by atoms with Gasteiger partial charge in [-0.1, -0.05) is 0 Å². The molecule has 0 spiro atoms. The highest BCUT2D eigenvalue weighted by Gasteiger charge is 2.28. The molecule has 1 aliphatic rings. The Labute approximate surface area is 157 Å². The molecule has 5 heteroatoms. The smallest absolute Gasteiger partial charge is 0.140 e. The Balaban J connectivity index is 1.51. The number of H-pyrrole nitrogens is 1. The van der Waals surface area contributed by atoms with Crippen LogP contribution in [0.15, 0.2) is 35.2 Å². The van der Waals surface area contributed by atoms with Crippen LogP contribution in [0, 0.1) is 11.8 Å². The number of nitrogens with zero attached hydrogens (tertiary/aromatic N) is 1. The average molecular weight is 368 g/mol. The number of pyridine rings is 1. The summed E-state index contributed by atoms with van der Waals surface area (Å²) in [7, 11) is 0. The first-order valence-electron chi connectivity index (χ1n) is 9.39. The highest BCUT2D eigenvalue weighted by atomic mass is 32.1. The molecule has 4 nitrogen and oxygen atoms in total. The van der Waals surface area contributed by atoms with Crippen molar-refractivity contribution < 1.29 is 4.79 Å². The van der Waals surface area contributed by atoms with E-state index in [2.05, 4.69) is 39.8 Å². The summed E-state index contributed by atoms with van der Waals surface area (Å²) in [5.74, 6) is 1.12. The van der Waals surface area contributed by atoms with E-state index in [1.165, 1.54) is 5.56 Å². The lowest BCUT2D eigenvalue weighted by molar-refractivity contribution is -0.123. The molecular formula is C21H25N3OS. The number of carbonyl (C=O) groups excluding carboxylic acids is 1. The van der Waals surface area contributed by atoms with Crippen LogP contribution in [0.3, 0.4) is 0 Å². The first kappa shape index (κ1) is 17.4. The highest BCUT2D eigenvalue weighted by molar-refractivity contribution is 7.08. The number of carbonyl (C=O) groups is 1. The summed E-state index contributed by atoms with van der Waals surface area (Å²) < 4.78 is 0. The molecule has 1 fully saturated rings. The van der Waals surface area contributed by atoms with E-state index in [1.54, 1.807) is 17.5 Å². The van der Waals surface area contributed by atoms with E-state index >= 15 is 0 Å². The van der Waals surface area contributed by atoms with Crippen LogP contribution >= 0.6 is 11.3 Å². The van der Waals surface area contributed by atoms with E-state index in [9.17, 15) is 4.79 Å². The lowest BCUT2D eigenvalue weighted by atomic mass is 9.76. The number of fused-ring (bicyclic) bond motifs is 1. The summed E-state index contributed by atoms with van der Waals surface area (Å²) in [6.07, 6.45) is 6.40. The lowest BCUT2D eigenvalue weighted by Gasteiger charge is -2.30. The van der Waals surface area contributed by atoms with Gasteiger partial charge in [0.15, 0.2) is 0 Å². The maximum absolute atomic E-state index is 12.9. The van der Waals surface area contributed by atoms with Gasteiger partial charge in [-0.15, -0.1) is 0 Å². The maximum Gasteiger partial charge on any atom is 0.140 e. The second-order valence-electron chi connectivity index (χ2n) is 7.54. The van der Waals surface area contributed by atoms with Crippen molar-refractivity contribution in [2.24, 2.45) is 17.6 Å². The third-order valence-corrected chi connectivity index (χ3v) is 6.47. The normalized spacial score (nSPS) is 21.8. The van der Waals surface area contributed by atoms with Crippen LogP contribution in [0.1, 0.15) is 38.2 Å². The number of Topliss-reactive ketones (excluding diaryl/α,β-unsaturated/α-hetero) is 1. The van der Waals surface area contributed by atoms with Gasteiger partial charge in [-0.05, 0) is 67.7 Å². The average Bonchev–Trinajstić information content (AvgIpc) is 3.31. The molecule has 136 valence electrons. The molecule has 3 N–H and O–H groups in total. The van der Waals surface area contributed by atoms with Crippen LogP contribution in [0.25, 0.3) is 22.3 Å². The van der Waals surface area contributed by atoms with Gasteiger partial charge in [0.2, 0.25) is 0 Å². The van der Waals surface area contributed by atoms with Crippen LogP contribution in [0.5, 0.6) is 0 Å². The van der Waals surface area contributed by atoms with Crippen molar-refractivity contribution in [3.05, 3.63) is 40.7 Å². The second-order valence-corrected chi connectivity index (χ2v) is 8.32. The van der Waals surface area contributed by atoms with Crippen molar-refractivity contribution in [2.45, 2.75) is 45.1 Å². The summed E-state index contributed by atoms with van der Waals surface area (Å²) in [5, 5.41) is 5.25. The molecule has 4 rings (SSSR count). The number of ketones is 1. The number of rotatable bonds is 5. The SMILES string of the molecule is C[C@H](N)C1CCC(C(=O)Cc2ccnc3[nH]c(-c4ccsc4)cc23)CC1. The van der Waals surface area contributed by atoms with Gasteiger partial charge in [0, 0.05) is 46.6 Å². The zero-order chi connectivity index (χ0) is 18.1. The second kappa shape index (κ2) is 7.33. The van der Waals surface area contributed by atoms with Gasteiger partial charge in [-0.2, -0.15) is 11.3 Å². The number of hydrogen-bond acceptors (Lipinski definition) is 4. The Morgan fingerprint density at radius 2 is 2.15 bits per heavy atom. The van der Waals surface area contributed by atoms with E-state index in [0.717, 1.165) is 48.0 Å². The lowest BCUT2D eigenvalue weighted by Crippen LogP contribution is -2.32. The first-order chi connectivity index (χ1) is 12.6. The minimum atomic E-state index is 0.184. The molecule has 1 saturated carbocycles. The number of aromatic nitrogens is 2. The Hall–Kier alpha value is -1.98. The van der Waals surface area contributed by atoms with Gasteiger partial charge in [0.25, 0.3) is 0 Å². The standard InChI is InChI=1S/C21H25N3OS/c1-13(22)14-2-4-15(5-3-14)20(25)10-16-6-8-23-21-18(16)11-19(24-21)17-7-9-26-12-17/h6-9,11-15H,2-5,10,22H2,1H3,(H,23,24)/t13-,14?,15?/m0/s1. The quantitative estimate of drug-likeness (QED) is 0.694. The largest absolute Gasteiger partial charge is 0.339 e. The molecule has 26 heavy (non-hydrogen) atoms. The van der Waals surface area contributed by atoms with Crippen LogP contribution in [-0.2, 0) is 11.2 Å². The van der Waals surface area contributed by atoms with E-state index < -0.39 is 0 Å². The molecule has 0 aromatic carbocycles. The molecule has 0 saturated heterocycles. The predicted molar refractivity (Wildman–Crippen MR) is 107 cm³/mol. The molecule has 0 amide bonds. The Morgan fingerprint density at radius 3 is 2.85 bits per heavy atom. The third kappa shape index (κ3) is 3.46. The molecule has 0 aliphatic heterocycles. The minimum Gasteiger partial charge on any atom is -0.339 e. The summed E-state index contributed by atoms with van der Waals surface area (Å²) in [6, 6.07) is 6.44. The van der Waals surface area contributed by atoms with Crippen LogP contribution in [-0.4, -0.2) is 21.8 Å². The molecule has 3 aromatic heterocycles. The zero-order valence-corrected chi connectivity index (χ0v) is 15.9. The number of nitrogens with one attached hydrogen (secondary N) is 1. The summed E-state index contributed by atoms with van der Waals surface area (Å²) in [4.78, 5) is 20.7. The van der Waals surface area contributed by atoms with E-state index in [1.807, 2.05) is 6.07 Å². The van der Waals surface area contributed by atoms with Crippen molar-refractivity contribution in [3.8, 4) is 11.3 Å². The van der Waals surface area contributed by atoms with Crippen molar-refractivity contribution in [2.75, 3.05) is 0 Å². The van der Waals surface area contributed by atoms with E-state index in [4.69, 9.17) is 5.73 Å². The number of nitrogens with two attached hydrogens (primary N) is 1. The van der Waals surface area contributed by atoms with Crippen molar-refractivity contribution in [1.29, 1.82) is 0 Å². The number of hydrogen-bond donors (Lipinski definition) is 2. The molecule has 3 heterocycles. The van der Waals surface area contributed by atoms with Crippen LogP contribution in [0.4, 0.5) is 0 Å². The Bertz CT molecular complexity index is 889. The summed E-state index contributed by atoms with van der Waals surface area (Å²) >= 11 is 1.68. The van der Waals surface area contributed by atoms with E-state index in [0.29, 0.717) is 18.1 Å². The summed E-state index contributed by atoms with van der Waals surface area (Å²) in [5.41, 5.74) is 10.2. The molecular weight excluding hydrogens is 342 g/mol. The maximum atomic E-state index is 12.9. The minimum absolute atomic E-state index is 0.184. The Kier molecular flexibility index (Phi) is 4.92. The first-order valence-corrected chi connectivity index (χ1v) is 10.3. The third-order valence-electron chi connectivity index (χ3n) is 5.79. The topological polar surface area (TPSA) is 71.8 Å². The molecule has 1 aliphatic carbocycles.